The van der Waals surface area contributed by atoms with Crippen LogP contribution in [-0.4, -0.2) is 29.1 Å². The van der Waals surface area contributed by atoms with Crippen molar-refractivity contribution in [3.8, 4) is 5.75 Å². The highest BCUT2D eigenvalue weighted by Gasteiger charge is 2.42. The fraction of sp³-hybridized carbons (Fsp3) is 0.500. The van der Waals surface area contributed by atoms with Gasteiger partial charge in [-0.2, -0.15) is 0 Å². The second-order valence-corrected chi connectivity index (χ2v) is 5.42. The number of benzene rings is 1. The van der Waals surface area contributed by atoms with Crippen LogP contribution in [0, 0.1) is 0 Å². The summed E-state index contributed by atoms with van der Waals surface area (Å²) < 4.78 is 5.46. The van der Waals surface area contributed by atoms with Gasteiger partial charge in [-0.1, -0.05) is 19.8 Å². The highest BCUT2D eigenvalue weighted by atomic mass is 16.5. The molecular formula is C16H21NO4. The second-order valence-electron chi connectivity index (χ2n) is 5.42. The number of carboxylic acid groups (broad SMARTS) is 1. The molecule has 0 bridgehead atoms. The summed E-state index contributed by atoms with van der Waals surface area (Å²) in [6.07, 6.45) is 3.56. The van der Waals surface area contributed by atoms with E-state index in [1.54, 1.807) is 24.3 Å². The van der Waals surface area contributed by atoms with Gasteiger partial charge in [0.25, 0.3) is 5.91 Å². The minimum absolute atomic E-state index is 0.346. The predicted octanol–water partition coefficient (Wildman–Crippen LogP) is 2.60. The van der Waals surface area contributed by atoms with Crippen molar-refractivity contribution >= 4 is 11.9 Å². The first-order valence-corrected chi connectivity index (χ1v) is 7.36. The van der Waals surface area contributed by atoms with Crippen LogP contribution in [0.2, 0.25) is 0 Å². The molecule has 0 aliphatic heterocycles. The van der Waals surface area contributed by atoms with Crippen molar-refractivity contribution in [2.75, 3.05) is 6.61 Å². The third kappa shape index (κ3) is 3.54. The standard InChI is InChI=1S/C16H21NO4/c1-2-11-21-13-7-5-12(6-8-13)14(18)17-16(15(19)20)9-3-4-10-16/h5-8H,2-4,9-11H2,1H3,(H,17,18)(H,19,20). The molecule has 5 heteroatoms. The number of carbonyl (C=O) groups excluding carboxylic acids is 1. The molecule has 1 aromatic carbocycles. The zero-order valence-electron chi connectivity index (χ0n) is 12.2. The van der Waals surface area contributed by atoms with Gasteiger partial charge >= 0.3 is 5.97 Å². The van der Waals surface area contributed by atoms with Gasteiger partial charge in [-0.25, -0.2) is 4.79 Å². The van der Waals surface area contributed by atoms with E-state index in [0.717, 1.165) is 19.3 Å². The van der Waals surface area contributed by atoms with Crippen LogP contribution in [0.1, 0.15) is 49.4 Å². The van der Waals surface area contributed by atoms with Crippen LogP contribution in [0.4, 0.5) is 0 Å². The molecule has 114 valence electrons. The first-order chi connectivity index (χ1) is 10.1. The number of hydrogen-bond acceptors (Lipinski definition) is 3. The molecule has 0 aromatic heterocycles. The maximum atomic E-state index is 12.2. The maximum absolute atomic E-state index is 12.2. The summed E-state index contributed by atoms with van der Waals surface area (Å²) in [4.78, 5) is 23.6. The minimum atomic E-state index is -1.10. The second kappa shape index (κ2) is 6.61. The highest BCUT2D eigenvalue weighted by molar-refractivity contribution is 5.98. The molecule has 0 heterocycles. The van der Waals surface area contributed by atoms with E-state index < -0.39 is 11.5 Å². The molecule has 1 fully saturated rings. The molecular weight excluding hydrogens is 270 g/mol. The van der Waals surface area contributed by atoms with Gasteiger partial charge in [-0.3, -0.25) is 4.79 Å². The average molecular weight is 291 g/mol. The zero-order chi connectivity index (χ0) is 15.3. The van der Waals surface area contributed by atoms with Gasteiger partial charge in [0.15, 0.2) is 0 Å². The summed E-state index contributed by atoms with van der Waals surface area (Å²) in [6.45, 7) is 2.66. The largest absolute Gasteiger partial charge is 0.494 e. The van der Waals surface area contributed by atoms with Crippen molar-refractivity contribution in [3.63, 3.8) is 0 Å². The van der Waals surface area contributed by atoms with Gasteiger partial charge in [0.2, 0.25) is 0 Å². The minimum Gasteiger partial charge on any atom is -0.494 e. The molecule has 1 aliphatic rings. The van der Waals surface area contributed by atoms with Gasteiger partial charge in [-0.05, 0) is 43.5 Å². The Labute approximate surface area is 124 Å². The summed E-state index contributed by atoms with van der Waals surface area (Å²) in [5, 5.41) is 12.1. The van der Waals surface area contributed by atoms with E-state index in [0.29, 0.717) is 30.8 Å². The highest BCUT2D eigenvalue weighted by Crippen LogP contribution is 2.30. The van der Waals surface area contributed by atoms with Crippen LogP contribution < -0.4 is 10.1 Å². The summed E-state index contributed by atoms with van der Waals surface area (Å²) in [5.41, 5.74) is -0.652. The number of carbonyl (C=O) groups is 2. The van der Waals surface area contributed by atoms with E-state index in [4.69, 9.17) is 4.74 Å². The van der Waals surface area contributed by atoms with Crippen molar-refractivity contribution in [2.24, 2.45) is 0 Å². The van der Waals surface area contributed by atoms with Crippen LogP contribution in [-0.2, 0) is 4.79 Å². The Morgan fingerprint density at radius 1 is 1.24 bits per heavy atom. The molecule has 1 aliphatic carbocycles. The number of amides is 1. The number of hydrogen-bond donors (Lipinski definition) is 2. The van der Waals surface area contributed by atoms with Crippen molar-refractivity contribution in [1.82, 2.24) is 5.32 Å². The fourth-order valence-electron chi connectivity index (χ4n) is 2.58. The number of nitrogens with one attached hydrogen (secondary N) is 1. The zero-order valence-corrected chi connectivity index (χ0v) is 12.2. The molecule has 1 saturated carbocycles. The van der Waals surface area contributed by atoms with Crippen LogP contribution in [0.3, 0.4) is 0 Å². The van der Waals surface area contributed by atoms with Crippen molar-refractivity contribution in [3.05, 3.63) is 29.8 Å². The molecule has 2 N–H and O–H groups in total. The summed E-state index contributed by atoms with van der Waals surface area (Å²) >= 11 is 0. The van der Waals surface area contributed by atoms with E-state index in [-0.39, 0.29) is 5.91 Å². The van der Waals surface area contributed by atoms with Gasteiger partial charge in [0, 0.05) is 5.56 Å². The van der Waals surface area contributed by atoms with E-state index in [1.165, 1.54) is 0 Å². The molecule has 1 amide bonds. The lowest BCUT2D eigenvalue weighted by Crippen LogP contribution is -2.52. The fourth-order valence-corrected chi connectivity index (χ4v) is 2.58. The maximum Gasteiger partial charge on any atom is 0.329 e. The molecule has 0 radical (unpaired) electrons. The van der Waals surface area contributed by atoms with Crippen LogP contribution >= 0.6 is 0 Å². The number of carboxylic acids is 1. The molecule has 0 saturated heterocycles. The molecule has 2 rings (SSSR count). The lowest BCUT2D eigenvalue weighted by molar-refractivity contribution is -0.144. The van der Waals surface area contributed by atoms with Gasteiger partial charge < -0.3 is 15.2 Å². The normalized spacial score (nSPS) is 16.4. The number of rotatable bonds is 6. The van der Waals surface area contributed by atoms with Gasteiger partial charge in [-0.15, -0.1) is 0 Å². The lowest BCUT2D eigenvalue weighted by atomic mass is 9.97. The Bertz CT molecular complexity index is 504. The Morgan fingerprint density at radius 2 is 1.86 bits per heavy atom. The summed E-state index contributed by atoms with van der Waals surface area (Å²) in [7, 11) is 0. The lowest BCUT2D eigenvalue weighted by Gasteiger charge is -2.25. The molecule has 5 nitrogen and oxygen atoms in total. The monoisotopic (exact) mass is 291 g/mol. The molecule has 21 heavy (non-hydrogen) atoms. The smallest absolute Gasteiger partial charge is 0.329 e. The quantitative estimate of drug-likeness (QED) is 0.844. The molecule has 1 aromatic rings. The molecule has 0 atom stereocenters. The van der Waals surface area contributed by atoms with Crippen LogP contribution in [0.25, 0.3) is 0 Å². The van der Waals surface area contributed by atoms with E-state index >= 15 is 0 Å². The van der Waals surface area contributed by atoms with Crippen LogP contribution in [0.5, 0.6) is 5.75 Å². The van der Waals surface area contributed by atoms with Crippen molar-refractivity contribution in [2.45, 2.75) is 44.6 Å². The van der Waals surface area contributed by atoms with E-state index in [1.807, 2.05) is 6.92 Å². The van der Waals surface area contributed by atoms with Gasteiger partial charge in [0.1, 0.15) is 11.3 Å². The molecule has 0 spiro atoms. The number of aliphatic carboxylic acids is 1. The topological polar surface area (TPSA) is 75.6 Å². The predicted molar refractivity (Wildman–Crippen MR) is 78.5 cm³/mol. The first kappa shape index (κ1) is 15.4. The van der Waals surface area contributed by atoms with Crippen molar-refractivity contribution < 1.29 is 19.4 Å². The third-order valence-corrected chi connectivity index (χ3v) is 3.81. The Hall–Kier alpha value is -2.04. The number of ether oxygens (including phenoxy) is 1. The Balaban J connectivity index is 2.04. The first-order valence-electron chi connectivity index (χ1n) is 7.36. The average Bonchev–Trinajstić information content (AvgIpc) is 2.95. The summed E-state index contributed by atoms with van der Waals surface area (Å²) in [5.74, 6) is -0.584. The van der Waals surface area contributed by atoms with E-state index in [9.17, 15) is 14.7 Å². The van der Waals surface area contributed by atoms with Crippen molar-refractivity contribution in [1.29, 1.82) is 0 Å². The SMILES string of the molecule is CCCOc1ccc(C(=O)NC2(C(=O)O)CCCC2)cc1. The van der Waals surface area contributed by atoms with Crippen LogP contribution in [0.15, 0.2) is 24.3 Å². The third-order valence-electron chi connectivity index (χ3n) is 3.81. The van der Waals surface area contributed by atoms with E-state index in [2.05, 4.69) is 5.32 Å². The summed E-state index contributed by atoms with van der Waals surface area (Å²) in [6, 6.07) is 6.77. The Kier molecular flexibility index (Phi) is 4.83. The molecule has 0 unspecified atom stereocenters. The van der Waals surface area contributed by atoms with Gasteiger partial charge in [0.05, 0.1) is 6.61 Å². The Morgan fingerprint density at radius 3 is 2.38 bits per heavy atom.